The summed E-state index contributed by atoms with van der Waals surface area (Å²) < 4.78 is 21.6. The van der Waals surface area contributed by atoms with Crippen LogP contribution < -0.4 is 15.4 Å². The van der Waals surface area contributed by atoms with Crippen LogP contribution in [0.15, 0.2) is 30.3 Å². The summed E-state index contributed by atoms with van der Waals surface area (Å²) in [6, 6.07) is 7.89. The minimum Gasteiger partial charge on any atom is -0.304 e. The molecule has 1 fully saturated rings. The van der Waals surface area contributed by atoms with E-state index in [0.29, 0.717) is 5.69 Å². The Labute approximate surface area is 116 Å². The zero-order valence-corrected chi connectivity index (χ0v) is 11.5. The topological polar surface area (TPSA) is 110 Å². The molecule has 8 heteroatoms. The summed E-state index contributed by atoms with van der Waals surface area (Å²) in [4.78, 5) is 25.1. The lowest BCUT2D eigenvalue weighted by Crippen LogP contribution is -2.41. The summed E-state index contributed by atoms with van der Waals surface area (Å²) >= 11 is 0. The second-order valence-electron chi connectivity index (χ2n) is 4.48. The Morgan fingerprint density at radius 2 is 1.90 bits per heavy atom. The van der Waals surface area contributed by atoms with Crippen LogP contribution in [0.5, 0.6) is 0 Å². The second-order valence-corrected chi connectivity index (χ2v) is 6.21. The Hall–Kier alpha value is -1.77. The van der Waals surface area contributed by atoms with Crippen LogP contribution in [-0.4, -0.2) is 38.6 Å². The number of nitrogens with two attached hydrogens (primary N) is 1. The van der Waals surface area contributed by atoms with E-state index in [4.69, 9.17) is 5.14 Å². The third-order valence-corrected chi connectivity index (χ3v) is 3.71. The van der Waals surface area contributed by atoms with Gasteiger partial charge < -0.3 is 5.32 Å². The number of amides is 2. The number of primary sulfonamides is 1. The molecule has 0 spiro atoms. The molecular formula is C12H15N3O4S. The van der Waals surface area contributed by atoms with E-state index in [-0.39, 0.29) is 30.5 Å². The van der Waals surface area contributed by atoms with Gasteiger partial charge in [-0.1, -0.05) is 18.2 Å². The minimum absolute atomic E-state index is 0.0122. The fraction of sp³-hybridized carbons (Fsp3) is 0.333. The molecule has 1 saturated heterocycles. The van der Waals surface area contributed by atoms with Crippen molar-refractivity contribution in [2.75, 3.05) is 17.2 Å². The molecule has 1 unspecified atom stereocenters. The van der Waals surface area contributed by atoms with E-state index in [1.807, 2.05) is 0 Å². The van der Waals surface area contributed by atoms with Crippen molar-refractivity contribution in [3.05, 3.63) is 30.3 Å². The summed E-state index contributed by atoms with van der Waals surface area (Å²) in [5.74, 6) is -0.971. The van der Waals surface area contributed by atoms with Gasteiger partial charge in [0.25, 0.3) is 5.91 Å². The van der Waals surface area contributed by atoms with Crippen LogP contribution >= 0.6 is 0 Å². The number of anilines is 1. The Morgan fingerprint density at radius 3 is 2.50 bits per heavy atom. The monoisotopic (exact) mass is 297 g/mol. The molecule has 7 nitrogen and oxygen atoms in total. The van der Waals surface area contributed by atoms with Crippen molar-refractivity contribution >= 4 is 27.5 Å². The molecule has 1 atom stereocenters. The highest BCUT2D eigenvalue weighted by molar-refractivity contribution is 7.89. The van der Waals surface area contributed by atoms with Crippen molar-refractivity contribution in [2.24, 2.45) is 5.14 Å². The Bertz CT molecular complexity index is 615. The fourth-order valence-corrected chi connectivity index (χ4v) is 2.42. The number of para-hydroxylation sites is 1. The number of carbonyl (C=O) groups is 2. The smallest absolute Gasteiger partial charge is 0.251 e. The molecule has 0 bridgehead atoms. The number of imide groups is 1. The maximum atomic E-state index is 12.1. The average molecular weight is 297 g/mol. The van der Waals surface area contributed by atoms with Crippen molar-refractivity contribution in [1.29, 1.82) is 0 Å². The molecule has 0 aromatic heterocycles. The largest absolute Gasteiger partial charge is 0.304 e. The molecule has 3 N–H and O–H groups in total. The Morgan fingerprint density at radius 1 is 1.25 bits per heavy atom. The number of nitrogens with zero attached hydrogens (tertiary/aromatic N) is 1. The van der Waals surface area contributed by atoms with E-state index in [2.05, 4.69) is 5.32 Å². The molecule has 0 saturated carbocycles. The van der Waals surface area contributed by atoms with Gasteiger partial charge in [0.15, 0.2) is 0 Å². The predicted octanol–water partition coefficient (Wildman–Crippen LogP) is -0.803. The lowest BCUT2D eigenvalue weighted by atomic mass is 10.2. The molecule has 1 aliphatic rings. The first-order chi connectivity index (χ1) is 9.38. The van der Waals surface area contributed by atoms with E-state index in [9.17, 15) is 18.0 Å². The quantitative estimate of drug-likeness (QED) is 0.691. The van der Waals surface area contributed by atoms with E-state index in [1.54, 1.807) is 30.3 Å². The van der Waals surface area contributed by atoms with Crippen LogP contribution in [0.25, 0.3) is 0 Å². The molecule has 0 radical (unpaired) electrons. The van der Waals surface area contributed by atoms with Crippen LogP contribution in [0.2, 0.25) is 0 Å². The van der Waals surface area contributed by atoms with Crippen molar-refractivity contribution < 1.29 is 18.0 Å². The van der Waals surface area contributed by atoms with Gasteiger partial charge in [0.1, 0.15) is 0 Å². The van der Waals surface area contributed by atoms with E-state index in [0.717, 1.165) is 4.90 Å². The molecule has 0 aliphatic carbocycles. The summed E-state index contributed by atoms with van der Waals surface area (Å²) in [5.41, 5.74) is 0.512. The van der Waals surface area contributed by atoms with Gasteiger partial charge in [-0.3, -0.25) is 9.59 Å². The molecule has 108 valence electrons. The van der Waals surface area contributed by atoms with Gasteiger partial charge >= 0.3 is 0 Å². The van der Waals surface area contributed by atoms with Gasteiger partial charge in [-0.25, -0.2) is 18.5 Å². The third kappa shape index (κ3) is 3.41. The van der Waals surface area contributed by atoms with Gasteiger partial charge in [0.2, 0.25) is 15.9 Å². The number of benzene rings is 1. The van der Waals surface area contributed by atoms with Crippen molar-refractivity contribution in [3.8, 4) is 0 Å². The van der Waals surface area contributed by atoms with Crippen LogP contribution in [-0.2, 0) is 19.6 Å². The minimum atomic E-state index is -3.58. The predicted molar refractivity (Wildman–Crippen MR) is 73.3 cm³/mol. The van der Waals surface area contributed by atoms with Crippen LogP contribution in [0.4, 0.5) is 5.69 Å². The number of carbonyl (C=O) groups excluding carboxylic acids is 2. The molecule has 1 aromatic carbocycles. The van der Waals surface area contributed by atoms with Crippen molar-refractivity contribution in [3.63, 3.8) is 0 Å². The first-order valence-corrected chi connectivity index (χ1v) is 7.76. The average Bonchev–Trinajstić information content (AvgIpc) is 2.64. The molecule has 2 amide bonds. The number of rotatable bonds is 5. The lowest BCUT2D eigenvalue weighted by molar-refractivity contribution is -0.121. The number of nitrogens with one attached hydrogen (secondary N) is 1. The lowest BCUT2D eigenvalue weighted by Gasteiger charge is -2.15. The Balaban J connectivity index is 2.02. The van der Waals surface area contributed by atoms with Crippen LogP contribution in [0.3, 0.4) is 0 Å². The van der Waals surface area contributed by atoms with Gasteiger partial charge in [-0.15, -0.1) is 0 Å². The maximum absolute atomic E-state index is 12.1. The highest BCUT2D eigenvalue weighted by Gasteiger charge is 2.39. The summed E-state index contributed by atoms with van der Waals surface area (Å²) in [6.45, 7) is 0.0329. The first-order valence-electron chi connectivity index (χ1n) is 6.04. The van der Waals surface area contributed by atoms with Crippen LogP contribution in [0, 0.1) is 0 Å². The van der Waals surface area contributed by atoms with Gasteiger partial charge in [0, 0.05) is 6.54 Å². The third-order valence-electron chi connectivity index (χ3n) is 2.94. The van der Waals surface area contributed by atoms with Crippen molar-refractivity contribution in [2.45, 2.75) is 12.5 Å². The standard InChI is InChI=1S/C12H15N3O4S/c13-20(18,19)7-6-14-10-8-11(16)15(12(10)17)9-4-2-1-3-5-9/h1-5,10,14H,6-8H2,(H2,13,18,19). The SMILES string of the molecule is NS(=O)(=O)CCNC1CC(=O)N(c2ccccc2)C1=O. The molecular weight excluding hydrogens is 282 g/mol. The Kier molecular flexibility index (Phi) is 4.17. The molecule has 1 aliphatic heterocycles. The van der Waals surface area contributed by atoms with Gasteiger partial charge in [-0.05, 0) is 12.1 Å². The van der Waals surface area contributed by atoms with Crippen molar-refractivity contribution in [1.82, 2.24) is 5.32 Å². The molecule has 2 rings (SSSR count). The maximum Gasteiger partial charge on any atom is 0.251 e. The summed E-state index contributed by atoms with van der Waals surface area (Å²) in [7, 11) is -3.58. The number of hydrogen-bond donors (Lipinski definition) is 2. The highest BCUT2D eigenvalue weighted by atomic mass is 32.2. The normalized spacial score (nSPS) is 19.6. The fourth-order valence-electron chi connectivity index (χ4n) is 2.02. The zero-order valence-electron chi connectivity index (χ0n) is 10.7. The number of hydrogen-bond acceptors (Lipinski definition) is 5. The van der Waals surface area contributed by atoms with Gasteiger partial charge in [-0.2, -0.15) is 0 Å². The summed E-state index contributed by atoms with van der Waals surface area (Å²) in [6.07, 6.45) is 0.0122. The second kappa shape index (κ2) is 5.70. The van der Waals surface area contributed by atoms with E-state index >= 15 is 0 Å². The molecule has 20 heavy (non-hydrogen) atoms. The molecule has 1 aromatic rings. The number of sulfonamides is 1. The van der Waals surface area contributed by atoms with Gasteiger partial charge in [0.05, 0.1) is 23.9 Å². The first kappa shape index (κ1) is 14.6. The van der Waals surface area contributed by atoms with Crippen LogP contribution in [0.1, 0.15) is 6.42 Å². The van der Waals surface area contributed by atoms with E-state index in [1.165, 1.54) is 0 Å². The van der Waals surface area contributed by atoms with E-state index < -0.39 is 16.1 Å². The highest BCUT2D eigenvalue weighted by Crippen LogP contribution is 2.22. The zero-order chi connectivity index (χ0) is 14.8. The summed E-state index contributed by atoms with van der Waals surface area (Å²) in [5, 5.41) is 7.62. The molecule has 1 heterocycles.